The molecule has 1 unspecified atom stereocenters. The van der Waals surface area contributed by atoms with Gasteiger partial charge in [0.15, 0.2) is 0 Å². The Kier molecular flexibility index (Phi) is 5.77. The van der Waals surface area contributed by atoms with Gasteiger partial charge in [0, 0.05) is 12.6 Å². The number of amides is 1. The molecule has 1 atom stereocenters. The molecule has 94 valence electrons. The maximum absolute atomic E-state index is 11.6. The molecule has 0 aliphatic heterocycles. The predicted octanol–water partition coefficient (Wildman–Crippen LogP) is 0.476. The highest BCUT2D eigenvalue weighted by Crippen LogP contribution is 2.27. The lowest BCUT2D eigenvalue weighted by atomic mass is 10.0. The van der Waals surface area contributed by atoms with Crippen LogP contribution in [-0.4, -0.2) is 31.6 Å². The highest BCUT2D eigenvalue weighted by Gasteiger charge is 2.20. The molecular weight excluding hydrogens is 202 g/mol. The van der Waals surface area contributed by atoms with E-state index in [0.717, 1.165) is 18.9 Å². The van der Waals surface area contributed by atoms with Crippen molar-refractivity contribution in [1.29, 1.82) is 0 Å². The van der Waals surface area contributed by atoms with Gasteiger partial charge >= 0.3 is 0 Å². The molecule has 4 N–H and O–H groups in total. The van der Waals surface area contributed by atoms with E-state index in [0.29, 0.717) is 19.0 Å². The summed E-state index contributed by atoms with van der Waals surface area (Å²) in [5.74, 6) is 1.44. The Morgan fingerprint density at radius 1 is 1.44 bits per heavy atom. The van der Waals surface area contributed by atoms with Crippen molar-refractivity contribution in [3.63, 3.8) is 0 Å². The number of nitrogens with one attached hydrogen (secondary N) is 2. The summed E-state index contributed by atoms with van der Waals surface area (Å²) in [7, 11) is 0. The summed E-state index contributed by atoms with van der Waals surface area (Å²) in [6.07, 6.45) is 3.58. The summed E-state index contributed by atoms with van der Waals surface area (Å²) in [4.78, 5) is 11.6. The van der Waals surface area contributed by atoms with Gasteiger partial charge in [-0.2, -0.15) is 0 Å². The summed E-state index contributed by atoms with van der Waals surface area (Å²) >= 11 is 0. The van der Waals surface area contributed by atoms with E-state index in [9.17, 15) is 4.79 Å². The third-order valence-electron chi connectivity index (χ3n) is 2.82. The van der Waals surface area contributed by atoms with Gasteiger partial charge < -0.3 is 16.4 Å². The van der Waals surface area contributed by atoms with Crippen molar-refractivity contribution >= 4 is 5.91 Å². The summed E-state index contributed by atoms with van der Waals surface area (Å²) < 4.78 is 0. The Morgan fingerprint density at radius 2 is 2.12 bits per heavy atom. The van der Waals surface area contributed by atoms with Crippen LogP contribution in [0.5, 0.6) is 0 Å². The van der Waals surface area contributed by atoms with Gasteiger partial charge in [-0.15, -0.1) is 0 Å². The highest BCUT2D eigenvalue weighted by molar-refractivity contribution is 5.78. The molecular formula is C12H25N3O. The summed E-state index contributed by atoms with van der Waals surface area (Å²) in [5, 5.41) is 6.14. The molecule has 1 saturated carbocycles. The smallest absolute Gasteiger partial charge is 0.234 e. The van der Waals surface area contributed by atoms with Gasteiger partial charge in [-0.05, 0) is 37.6 Å². The summed E-state index contributed by atoms with van der Waals surface area (Å²) in [5.41, 5.74) is 5.62. The van der Waals surface area contributed by atoms with Crippen LogP contribution >= 0.6 is 0 Å². The maximum Gasteiger partial charge on any atom is 0.234 e. The number of hydrogen-bond donors (Lipinski definition) is 3. The molecule has 16 heavy (non-hydrogen) atoms. The number of hydrogen-bond acceptors (Lipinski definition) is 3. The van der Waals surface area contributed by atoms with Crippen LogP contribution in [0, 0.1) is 11.8 Å². The lowest BCUT2D eigenvalue weighted by Gasteiger charge is -2.18. The summed E-state index contributed by atoms with van der Waals surface area (Å²) in [6.45, 7) is 6.20. The van der Waals surface area contributed by atoms with Crippen molar-refractivity contribution in [2.45, 2.75) is 39.2 Å². The maximum atomic E-state index is 11.6. The first-order valence-corrected chi connectivity index (χ1v) is 6.32. The van der Waals surface area contributed by atoms with E-state index in [1.807, 2.05) is 0 Å². The van der Waals surface area contributed by atoms with E-state index >= 15 is 0 Å². The molecule has 0 radical (unpaired) electrons. The van der Waals surface area contributed by atoms with Crippen molar-refractivity contribution in [3.05, 3.63) is 0 Å². The van der Waals surface area contributed by atoms with Gasteiger partial charge in [0.25, 0.3) is 0 Å². The zero-order valence-corrected chi connectivity index (χ0v) is 10.5. The van der Waals surface area contributed by atoms with Crippen molar-refractivity contribution in [2.24, 2.45) is 17.6 Å². The zero-order chi connectivity index (χ0) is 12.0. The van der Waals surface area contributed by atoms with Gasteiger partial charge in [-0.3, -0.25) is 4.79 Å². The molecule has 1 aliphatic carbocycles. The fraction of sp³-hybridized carbons (Fsp3) is 0.917. The van der Waals surface area contributed by atoms with Crippen LogP contribution in [0.4, 0.5) is 0 Å². The van der Waals surface area contributed by atoms with Gasteiger partial charge in [-0.25, -0.2) is 0 Å². The van der Waals surface area contributed by atoms with Crippen molar-refractivity contribution < 1.29 is 4.79 Å². The minimum Gasteiger partial charge on any atom is -0.351 e. The van der Waals surface area contributed by atoms with E-state index in [2.05, 4.69) is 24.5 Å². The average Bonchev–Trinajstić information content (AvgIpc) is 3.00. The second kappa shape index (κ2) is 6.86. The first kappa shape index (κ1) is 13.5. The van der Waals surface area contributed by atoms with Gasteiger partial charge in [0.05, 0.1) is 6.54 Å². The van der Waals surface area contributed by atoms with Gasteiger partial charge in [0.1, 0.15) is 0 Å². The number of carbonyl (C=O) groups excluding carboxylic acids is 1. The van der Waals surface area contributed by atoms with E-state index in [1.165, 1.54) is 12.8 Å². The zero-order valence-electron chi connectivity index (χ0n) is 10.5. The number of nitrogens with two attached hydrogens (primary N) is 1. The number of rotatable bonds is 8. The summed E-state index contributed by atoms with van der Waals surface area (Å²) in [6, 6.07) is 0.121. The Morgan fingerprint density at radius 3 is 2.62 bits per heavy atom. The lowest BCUT2D eigenvalue weighted by molar-refractivity contribution is -0.121. The van der Waals surface area contributed by atoms with Crippen molar-refractivity contribution in [3.8, 4) is 0 Å². The quantitative estimate of drug-likeness (QED) is 0.565. The third kappa shape index (κ3) is 6.08. The van der Waals surface area contributed by atoms with Crippen LogP contribution in [-0.2, 0) is 4.79 Å². The largest absolute Gasteiger partial charge is 0.351 e. The molecule has 1 amide bonds. The molecule has 0 heterocycles. The molecule has 4 nitrogen and oxygen atoms in total. The monoisotopic (exact) mass is 227 g/mol. The van der Waals surface area contributed by atoms with Crippen LogP contribution in [0.25, 0.3) is 0 Å². The van der Waals surface area contributed by atoms with Gasteiger partial charge in [-0.1, -0.05) is 13.8 Å². The first-order valence-electron chi connectivity index (χ1n) is 6.32. The van der Waals surface area contributed by atoms with Crippen LogP contribution in [0.15, 0.2) is 0 Å². The normalized spacial score (nSPS) is 17.5. The molecule has 0 aromatic heterocycles. The minimum atomic E-state index is 0.0664. The lowest BCUT2D eigenvalue weighted by Crippen LogP contribution is -2.44. The topological polar surface area (TPSA) is 67.1 Å². The second-order valence-corrected chi connectivity index (χ2v) is 5.20. The van der Waals surface area contributed by atoms with E-state index < -0.39 is 0 Å². The van der Waals surface area contributed by atoms with Crippen molar-refractivity contribution in [1.82, 2.24) is 10.6 Å². The standard InChI is InChI=1S/C12H25N3O/c1-9(2)5-11(6-13)15-12(16)8-14-7-10-3-4-10/h9-11,14H,3-8,13H2,1-2H3,(H,15,16). The molecule has 0 aromatic rings. The second-order valence-electron chi connectivity index (χ2n) is 5.20. The Balaban J connectivity index is 2.09. The van der Waals surface area contributed by atoms with E-state index in [4.69, 9.17) is 5.73 Å². The van der Waals surface area contributed by atoms with E-state index in [1.54, 1.807) is 0 Å². The third-order valence-corrected chi connectivity index (χ3v) is 2.82. The fourth-order valence-electron chi connectivity index (χ4n) is 1.77. The first-order chi connectivity index (χ1) is 7.61. The molecule has 0 spiro atoms. The van der Waals surface area contributed by atoms with Crippen LogP contribution < -0.4 is 16.4 Å². The van der Waals surface area contributed by atoms with Crippen LogP contribution in [0.3, 0.4) is 0 Å². The fourth-order valence-corrected chi connectivity index (χ4v) is 1.77. The van der Waals surface area contributed by atoms with Crippen LogP contribution in [0.2, 0.25) is 0 Å². The van der Waals surface area contributed by atoms with Gasteiger partial charge in [0.2, 0.25) is 5.91 Å². The predicted molar refractivity (Wildman–Crippen MR) is 66.0 cm³/mol. The Hall–Kier alpha value is -0.610. The molecule has 1 aliphatic rings. The molecule has 4 heteroatoms. The molecule has 1 rings (SSSR count). The Labute approximate surface area is 98.3 Å². The number of carbonyl (C=O) groups is 1. The highest BCUT2D eigenvalue weighted by atomic mass is 16.1. The van der Waals surface area contributed by atoms with Crippen LogP contribution in [0.1, 0.15) is 33.1 Å². The molecule has 1 fully saturated rings. The van der Waals surface area contributed by atoms with Crippen molar-refractivity contribution in [2.75, 3.05) is 19.6 Å². The SMILES string of the molecule is CC(C)CC(CN)NC(=O)CNCC1CC1. The molecule has 0 bridgehead atoms. The molecule has 0 aromatic carbocycles. The van der Waals surface area contributed by atoms with E-state index in [-0.39, 0.29) is 11.9 Å². The molecule has 0 saturated heterocycles. The average molecular weight is 227 g/mol. The Bertz CT molecular complexity index is 214. The minimum absolute atomic E-state index is 0.0664.